The second kappa shape index (κ2) is 10.3. The Morgan fingerprint density at radius 3 is 2.30 bits per heavy atom. The van der Waals surface area contributed by atoms with Gasteiger partial charge in [0.1, 0.15) is 11.6 Å². The molecule has 1 fully saturated rings. The molecule has 3 N–H and O–H groups in total. The molecule has 1 atom stereocenters. The Labute approximate surface area is 178 Å². The average Bonchev–Trinajstić information content (AvgIpc) is 2.65. The molecule has 1 aliphatic rings. The van der Waals surface area contributed by atoms with Crippen LogP contribution in [0.1, 0.15) is 51.2 Å². The normalized spacial score (nSPS) is 15.9. The molecule has 2 rings (SSSR count). The summed E-state index contributed by atoms with van der Waals surface area (Å²) in [7, 11) is 0. The quantitative estimate of drug-likeness (QED) is 0.656. The number of hydrogen-bond acceptors (Lipinski definition) is 4. The van der Waals surface area contributed by atoms with Crippen LogP contribution < -0.4 is 10.6 Å². The Balaban J connectivity index is 1.98. The van der Waals surface area contributed by atoms with Gasteiger partial charge in [-0.3, -0.25) is 4.79 Å². The molecule has 0 spiro atoms. The molecule has 166 valence electrons. The number of aryl methyl sites for hydroxylation is 1. The highest BCUT2D eigenvalue weighted by molar-refractivity contribution is 5.85. The number of nitrogens with zero attached hydrogens (tertiary/aromatic N) is 1. The summed E-state index contributed by atoms with van der Waals surface area (Å²) in [5.41, 5.74) is 1.45. The summed E-state index contributed by atoms with van der Waals surface area (Å²) in [4.78, 5) is 37.6. The lowest BCUT2D eigenvalue weighted by Gasteiger charge is -2.32. The van der Waals surface area contributed by atoms with Gasteiger partial charge >= 0.3 is 12.2 Å². The number of alkyl carbamates (subject to hydrolysis) is 1. The molecule has 0 aromatic heterocycles. The molecular formula is C22H33N3O5. The monoisotopic (exact) mass is 419 g/mol. The van der Waals surface area contributed by atoms with Crippen molar-refractivity contribution < 1.29 is 24.2 Å². The number of piperidine rings is 1. The number of nitrogens with one attached hydrogen (secondary N) is 2. The zero-order valence-electron chi connectivity index (χ0n) is 18.2. The Bertz CT molecular complexity index is 734. The molecule has 8 heteroatoms. The van der Waals surface area contributed by atoms with Gasteiger partial charge in [0, 0.05) is 19.6 Å². The summed E-state index contributed by atoms with van der Waals surface area (Å²) in [6.45, 7) is 8.53. The van der Waals surface area contributed by atoms with Crippen molar-refractivity contribution in [2.45, 2.75) is 65.1 Å². The maximum Gasteiger partial charge on any atom is 0.408 e. The number of rotatable bonds is 6. The van der Waals surface area contributed by atoms with Gasteiger partial charge in [0.05, 0.1) is 0 Å². The first-order valence-electron chi connectivity index (χ1n) is 10.3. The number of benzene rings is 1. The average molecular weight is 420 g/mol. The topological polar surface area (TPSA) is 108 Å². The third-order valence-corrected chi connectivity index (χ3v) is 5.05. The van der Waals surface area contributed by atoms with Crippen LogP contribution in [0, 0.1) is 12.8 Å². The molecule has 1 unspecified atom stereocenters. The number of ether oxygens (including phenoxy) is 1. The molecule has 1 saturated heterocycles. The van der Waals surface area contributed by atoms with Crippen molar-refractivity contribution >= 4 is 18.1 Å². The summed E-state index contributed by atoms with van der Waals surface area (Å²) >= 11 is 0. The van der Waals surface area contributed by atoms with Crippen molar-refractivity contribution in [3.05, 3.63) is 35.4 Å². The summed E-state index contributed by atoms with van der Waals surface area (Å²) in [6.07, 6.45) is 0.189. The SMILES string of the molecule is Cc1ccc(CNC(=O)C(CC2CCN(C(=O)O)CC2)NC(=O)OC(C)(C)C)cc1. The predicted octanol–water partition coefficient (Wildman–Crippen LogP) is 3.28. The third kappa shape index (κ3) is 7.93. The third-order valence-electron chi connectivity index (χ3n) is 5.05. The molecule has 0 saturated carbocycles. The molecule has 0 radical (unpaired) electrons. The first-order valence-corrected chi connectivity index (χ1v) is 10.3. The van der Waals surface area contributed by atoms with Crippen molar-refractivity contribution in [1.29, 1.82) is 0 Å². The lowest BCUT2D eigenvalue weighted by molar-refractivity contribution is -0.123. The number of likely N-dealkylation sites (tertiary alicyclic amines) is 1. The Morgan fingerprint density at radius 1 is 1.17 bits per heavy atom. The maximum atomic E-state index is 12.8. The molecule has 3 amide bonds. The van der Waals surface area contributed by atoms with Gasteiger partial charge in [-0.2, -0.15) is 0 Å². The molecule has 1 aliphatic heterocycles. The summed E-state index contributed by atoms with van der Waals surface area (Å²) in [5, 5.41) is 14.7. The fraction of sp³-hybridized carbons (Fsp3) is 0.591. The Hall–Kier alpha value is -2.77. The van der Waals surface area contributed by atoms with Crippen LogP contribution in [-0.4, -0.2) is 52.8 Å². The maximum absolute atomic E-state index is 12.8. The molecule has 30 heavy (non-hydrogen) atoms. The minimum absolute atomic E-state index is 0.144. The number of carboxylic acid groups (broad SMARTS) is 1. The first-order chi connectivity index (χ1) is 14.0. The number of amides is 3. The van der Waals surface area contributed by atoms with E-state index in [1.807, 2.05) is 31.2 Å². The van der Waals surface area contributed by atoms with Crippen LogP contribution in [0.15, 0.2) is 24.3 Å². The van der Waals surface area contributed by atoms with E-state index in [1.54, 1.807) is 20.8 Å². The van der Waals surface area contributed by atoms with Gasteiger partial charge in [-0.05, 0) is 58.4 Å². The van der Waals surface area contributed by atoms with E-state index in [0.29, 0.717) is 38.9 Å². The van der Waals surface area contributed by atoms with E-state index in [0.717, 1.165) is 11.1 Å². The van der Waals surface area contributed by atoms with Crippen molar-refractivity contribution in [3.8, 4) is 0 Å². The summed E-state index contributed by atoms with van der Waals surface area (Å²) < 4.78 is 5.32. The van der Waals surface area contributed by atoms with Gasteiger partial charge in [0.15, 0.2) is 0 Å². The lowest BCUT2D eigenvalue weighted by atomic mass is 9.90. The minimum Gasteiger partial charge on any atom is -0.465 e. The smallest absolute Gasteiger partial charge is 0.408 e. The van der Waals surface area contributed by atoms with E-state index >= 15 is 0 Å². The van der Waals surface area contributed by atoms with Gasteiger partial charge in [0.25, 0.3) is 0 Å². The molecule has 0 aliphatic carbocycles. The fourth-order valence-corrected chi connectivity index (χ4v) is 3.39. The predicted molar refractivity (Wildman–Crippen MR) is 113 cm³/mol. The molecule has 0 bridgehead atoms. The van der Waals surface area contributed by atoms with E-state index in [9.17, 15) is 14.4 Å². The highest BCUT2D eigenvalue weighted by atomic mass is 16.6. The van der Waals surface area contributed by atoms with Gasteiger partial charge in [0.2, 0.25) is 5.91 Å². The number of carbonyl (C=O) groups excluding carboxylic acids is 2. The molecular weight excluding hydrogens is 386 g/mol. The van der Waals surface area contributed by atoms with E-state index in [4.69, 9.17) is 9.84 Å². The fourth-order valence-electron chi connectivity index (χ4n) is 3.39. The van der Waals surface area contributed by atoms with Gasteiger partial charge in [-0.25, -0.2) is 9.59 Å². The van der Waals surface area contributed by atoms with Gasteiger partial charge in [-0.1, -0.05) is 29.8 Å². The Morgan fingerprint density at radius 2 is 1.77 bits per heavy atom. The van der Waals surface area contributed by atoms with E-state index in [-0.39, 0.29) is 11.8 Å². The van der Waals surface area contributed by atoms with Crippen LogP contribution in [0.3, 0.4) is 0 Å². The van der Waals surface area contributed by atoms with Crippen LogP contribution in [0.25, 0.3) is 0 Å². The lowest BCUT2D eigenvalue weighted by Crippen LogP contribution is -2.49. The van der Waals surface area contributed by atoms with Crippen molar-refractivity contribution in [2.24, 2.45) is 5.92 Å². The number of carbonyl (C=O) groups is 3. The zero-order valence-corrected chi connectivity index (χ0v) is 18.2. The van der Waals surface area contributed by atoms with Crippen LogP contribution in [0.2, 0.25) is 0 Å². The highest BCUT2D eigenvalue weighted by Gasteiger charge is 2.30. The largest absolute Gasteiger partial charge is 0.465 e. The molecule has 1 aromatic rings. The Kier molecular flexibility index (Phi) is 8.08. The number of hydrogen-bond donors (Lipinski definition) is 3. The van der Waals surface area contributed by atoms with Crippen molar-refractivity contribution in [3.63, 3.8) is 0 Å². The van der Waals surface area contributed by atoms with Crippen molar-refractivity contribution in [2.75, 3.05) is 13.1 Å². The van der Waals surface area contributed by atoms with E-state index < -0.39 is 23.8 Å². The second-order valence-electron chi connectivity index (χ2n) is 8.85. The first kappa shape index (κ1) is 23.5. The second-order valence-corrected chi connectivity index (χ2v) is 8.85. The van der Waals surface area contributed by atoms with Crippen LogP contribution in [-0.2, 0) is 16.1 Å². The minimum atomic E-state index is -0.923. The molecule has 1 aromatic carbocycles. The standard InChI is InChI=1S/C22H33N3O5/c1-15-5-7-17(8-6-15)14-23-19(26)18(24-20(27)30-22(2,3)4)13-16-9-11-25(12-10-16)21(28)29/h5-8,16,18H,9-14H2,1-4H3,(H,23,26)(H,24,27)(H,28,29). The molecule has 8 nitrogen and oxygen atoms in total. The molecule has 1 heterocycles. The van der Waals surface area contributed by atoms with Gasteiger partial charge < -0.3 is 25.4 Å². The van der Waals surface area contributed by atoms with Crippen LogP contribution in [0.4, 0.5) is 9.59 Å². The van der Waals surface area contributed by atoms with Crippen molar-refractivity contribution in [1.82, 2.24) is 15.5 Å². The van der Waals surface area contributed by atoms with Crippen LogP contribution >= 0.6 is 0 Å². The summed E-state index contributed by atoms with van der Waals surface area (Å²) in [5.74, 6) is -0.132. The zero-order chi connectivity index (χ0) is 22.3. The van der Waals surface area contributed by atoms with E-state index in [2.05, 4.69) is 10.6 Å². The highest BCUT2D eigenvalue weighted by Crippen LogP contribution is 2.22. The van der Waals surface area contributed by atoms with Gasteiger partial charge in [-0.15, -0.1) is 0 Å². The summed E-state index contributed by atoms with van der Waals surface area (Å²) in [6, 6.07) is 7.12. The van der Waals surface area contributed by atoms with Crippen LogP contribution in [0.5, 0.6) is 0 Å². The van der Waals surface area contributed by atoms with E-state index in [1.165, 1.54) is 4.90 Å².